The van der Waals surface area contributed by atoms with E-state index in [-0.39, 0.29) is 11.7 Å². The molecule has 134 valence electrons. The number of benzene rings is 2. The maximum Gasteiger partial charge on any atom is 0.137 e. The van der Waals surface area contributed by atoms with Gasteiger partial charge >= 0.3 is 0 Å². The Labute approximate surface area is 161 Å². The Morgan fingerprint density at radius 2 is 2.07 bits per heavy atom. The molecule has 1 unspecified atom stereocenters. The molecule has 1 atom stereocenters. The maximum atomic E-state index is 15.4. The Morgan fingerprint density at radius 1 is 1.15 bits per heavy atom. The van der Waals surface area contributed by atoms with Crippen molar-refractivity contribution < 1.29 is 4.39 Å². The standard InChI is InChI=1S/C22H18FN3S/c1-26-11-18(14-2-5-21-15(10-14)7-9-27-21)16-3-4-17(22(23)19(16)12-26)20-6-8-24-13-25-20/h2-10,13,18H,11-12H2,1H3. The van der Waals surface area contributed by atoms with Crippen LogP contribution in [0.4, 0.5) is 4.39 Å². The van der Waals surface area contributed by atoms with E-state index in [0.29, 0.717) is 17.8 Å². The molecule has 0 fully saturated rings. The second-order valence-corrected chi connectivity index (χ2v) is 8.00. The van der Waals surface area contributed by atoms with E-state index in [4.69, 9.17) is 0 Å². The maximum absolute atomic E-state index is 15.4. The van der Waals surface area contributed by atoms with Crippen molar-refractivity contribution in [3.8, 4) is 11.3 Å². The van der Waals surface area contributed by atoms with Crippen molar-refractivity contribution in [1.29, 1.82) is 0 Å². The van der Waals surface area contributed by atoms with Crippen LogP contribution in [0.15, 0.2) is 60.4 Å². The van der Waals surface area contributed by atoms with Crippen molar-refractivity contribution in [2.45, 2.75) is 12.5 Å². The minimum absolute atomic E-state index is 0.164. The van der Waals surface area contributed by atoms with Gasteiger partial charge in [0.25, 0.3) is 0 Å². The molecule has 0 saturated carbocycles. The molecular weight excluding hydrogens is 357 g/mol. The van der Waals surface area contributed by atoms with E-state index < -0.39 is 0 Å². The first-order valence-electron chi connectivity index (χ1n) is 8.94. The predicted molar refractivity (Wildman–Crippen MR) is 107 cm³/mol. The van der Waals surface area contributed by atoms with Crippen LogP contribution in [0.1, 0.15) is 22.6 Å². The lowest BCUT2D eigenvalue weighted by atomic mass is 9.83. The monoisotopic (exact) mass is 375 g/mol. The molecule has 2 aromatic carbocycles. The van der Waals surface area contributed by atoms with Gasteiger partial charge in [0.15, 0.2) is 0 Å². The van der Waals surface area contributed by atoms with E-state index in [2.05, 4.69) is 57.6 Å². The first kappa shape index (κ1) is 16.5. The number of rotatable bonds is 2. The number of halogens is 1. The van der Waals surface area contributed by atoms with Gasteiger partial charge in [0.05, 0.1) is 5.69 Å². The lowest BCUT2D eigenvalue weighted by Crippen LogP contribution is -2.31. The van der Waals surface area contributed by atoms with Gasteiger partial charge in [-0.3, -0.25) is 0 Å². The van der Waals surface area contributed by atoms with E-state index in [9.17, 15) is 0 Å². The van der Waals surface area contributed by atoms with Gasteiger partial charge in [0.2, 0.25) is 0 Å². The van der Waals surface area contributed by atoms with Crippen LogP contribution in [0.2, 0.25) is 0 Å². The second kappa shape index (κ2) is 6.51. The zero-order valence-electron chi connectivity index (χ0n) is 14.9. The van der Waals surface area contributed by atoms with E-state index in [1.165, 1.54) is 22.0 Å². The molecule has 1 aliphatic rings. The lowest BCUT2D eigenvalue weighted by Gasteiger charge is -2.33. The molecule has 0 radical (unpaired) electrons. The zero-order valence-corrected chi connectivity index (χ0v) is 15.7. The summed E-state index contributed by atoms with van der Waals surface area (Å²) in [5, 5.41) is 3.37. The van der Waals surface area contributed by atoms with Crippen molar-refractivity contribution in [2.24, 2.45) is 0 Å². The van der Waals surface area contributed by atoms with E-state index in [1.807, 2.05) is 6.07 Å². The molecule has 0 aliphatic carbocycles. The van der Waals surface area contributed by atoms with Gasteiger partial charge in [-0.1, -0.05) is 12.1 Å². The Morgan fingerprint density at radius 3 is 2.93 bits per heavy atom. The Balaban J connectivity index is 1.64. The average Bonchev–Trinajstić information content (AvgIpc) is 3.17. The third kappa shape index (κ3) is 2.83. The molecule has 0 amide bonds. The van der Waals surface area contributed by atoms with E-state index >= 15 is 4.39 Å². The summed E-state index contributed by atoms with van der Waals surface area (Å²) in [4.78, 5) is 10.3. The van der Waals surface area contributed by atoms with Crippen molar-refractivity contribution in [3.05, 3.63) is 82.9 Å². The molecule has 0 bridgehead atoms. The smallest absolute Gasteiger partial charge is 0.137 e. The van der Waals surface area contributed by atoms with Crippen LogP contribution in [0.3, 0.4) is 0 Å². The average molecular weight is 375 g/mol. The minimum atomic E-state index is -0.167. The normalized spacial score (nSPS) is 17.2. The van der Waals surface area contributed by atoms with Gasteiger partial charge in [0, 0.05) is 41.0 Å². The molecule has 27 heavy (non-hydrogen) atoms. The van der Waals surface area contributed by atoms with Gasteiger partial charge in [-0.15, -0.1) is 11.3 Å². The summed E-state index contributed by atoms with van der Waals surface area (Å²) in [5.74, 6) is -0.00337. The highest BCUT2D eigenvalue weighted by molar-refractivity contribution is 7.17. The third-order valence-corrected chi connectivity index (χ3v) is 6.21. The highest BCUT2D eigenvalue weighted by Crippen LogP contribution is 2.38. The molecule has 3 heterocycles. The van der Waals surface area contributed by atoms with Crippen molar-refractivity contribution >= 4 is 21.4 Å². The highest BCUT2D eigenvalue weighted by atomic mass is 32.1. The number of hydrogen-bond acceptors (Lipinski definition) is 4. The minimum Gasteiger partial charge on any atom is -0.301 e. The van der Waals surface area contributed by atoms with Crippen LogP contribution in [0.5, 0.6) is 0 Å². The van der Waals surface area contributed by atoms with E-state index in [0.717, 1.165) is 17.7 Å². The fraction of sp³-hybridized carbons (Fsp3) is 0.182. The quantitative estimate of drug-likeness (QED) is 0.489. The third-order valence-electron chi connectivity index (χ3n) is 5.31. The zero-order chi connectivity index (χ0) is 18.4. The Hall–Kier alpha value is -2.63. The van der Waals surface area contributed by atoms with Crippen LogP contribution >= 0.6 is 11.3 Å². The van der Waals surface area contributed by atoms with Crippen LogP contribution < -0.4 is 0 Å². The van der Waals surface area contributed by atoms with Gasteiger partial charge in [-0.25, -0.2) is 14.4 Å². The number of likely N-dealkylation sites (N-methyl/N-ethyl adjacent to an activating group) is 1. The lowest BCUT2D eigenvalue weighted by molar-refractivity contribution is 0.289. The molecule has 5 rings (SSSR count). The SMILES string of the molecule is CN1Cc2c(ccc(-c3ccncn3)c2F)C(c2ccc3sccc3c2)C1. The van der Waals surface area contributed by atoms with Gasteiger partial charge < -0.3 is 4.90 Å². The second-order valence-electron chi connectivity index (χ2n) is 7.06. The molecule has 0 N–H and O–H groups in total. The first-order valence-corrected chi connectivity index (χ1v) is 9.82. The predicted octanol–water partition coefficient (Wildman–Crippen LogP) is 5.07. The van der Waals surface area contributed by atoms with Crippen LogP contribution in [0, 0.1) is 5.82 Å². The Kier molecular flexibility index (Phi) is 3.99. The van der Waals surface area contributed by atoms with Crippen molar-refractivity contribution in [1.82, 2.24) is 14.9 Å². The summed E-state index contributed by atoms with van der Waals surface area (Å²) in [6, 6.07) is 14.4. The van der Waals surface area contributed by atoms with Crippen molar-refractivity contribution in [3.63, 3.8) is 0 Å². The summed E-state index contributed by atoms with van der Waals surface area (Å²) in [7, 11) is 2.05. The number of aromatic nitrogens is 2. The number of fused-ring (bicyclic) bond motifs is 2. The van der Waals surface area contributed by atoms with E-state index in [1.54, 1.807) is 23.6 Å². The van der Waals surface area contributed by atoms with Crippen molar-refractivity contribution in [2.75, 3.05) is 13.6 Å². The number of hydrogen-bond donors (Lipinski definition) is 0. The molecule has 3 nitrogen and oxygen atoms in total. The van der Waals surface area contributed by atoms with Crippen LogP contribution in [-0.4, -0.2) is 28.5 Å². The molecular formula is C22H18FN3S. The number of thiophene rings is 1. The summed E-state index contributed by atoms with van der Waals surface area (Å²) >= 11 is 1.75. The summed E-state index contributed by atoms with van der Waals surface area (Å²) in [5.41, 5.74) is 4.25. The Bertz CT molecular complexity index is 1120. The molecule has 5 heteroatoms. The fourth-order valence-electron chi connectivity index (χ4n) is 4.00. The molecule has 1 aliphatic heterocycles. The largest absolute Gasteiger partial charge is 0.301 e. The summed E-state index contributed by atoms with van der Waals surface area (Å²) in [6.07, 6.45) is 3.10. The van der Waals surface area contributed by atoms with Gasteiger partial charge in [-0.05, 0) is 59.3 Å². The molecule has 2 aromatic heterocycles. The molecule has 0 spiro atoms. The van der Waals surface area contributed by atoms with Gasteiger partial charge in [0.1, 0.15) is 12.1 Å². The summed E-state index contributed by atoms with van der Waals surface area (Å²) in [6.45, 7) is 1.49. The fourth-order valence-corrected chi connectivity index (χ4v) is 4.77. The molecule has 4 aromatic rings. The highest BCUT2D eigenvalue weighted by Gasteiger charge is 2.28. The number of nitrogens with zero attached hydrogens (tertiary/aromatic N) is 3. The summed E-state index contributed by atoms with van der Waals surface area (Å²) < 4.78 is 16.7. The van der Waals surface area contributed by atoms with Gasteiger partial charge in [-0.2, -0.15) is 0 Å². The van der Waals surface area contributed by atoms with Crippen LogP contribution in [0.25, 0.3) is 21.3 Å². The first-order chi connectivity index (χ1) is 13.2. The topological polar surface area (TPSA) is 29.0 Å². The molecule has 0 saturated heterocycles. The van der Waals surface area contributed by atoms with Crippen LogP contribution in [-0.2, 0) is 6.54 Å².